The molecule has 96 valence electrons. The van der Waals surface area contributed by atoms with Crippen LogP contribution in [0.3, 0.4) is 0 Å². The van der Waals surface area contributed by atoms with E-state index in [1.807, 2.05) is 32.0 Å². The number of carbonyl (C=O) groups excluding carboxylic acids is 2. The van der Waals surface area contributed by atoms with Crippen LogP contribution in [-0.2, 0) is 9.53 Å². The molecule has 1 aromatic carbocycles. The van der Waals surface area contributed by atoms with E-state index in [0.29, 0.717) is 5.56 Å². The zero-order valence-corrected chi connectivity index (χ0v) is 11.1. The van der Waals surface area contributed by atoms with Gasteiger partial charge in [0.2, 0.25) is 0 Å². The van der Waals surface area contributed by atoms with E-state index < -0.39 is 11.8 Å². The fourth-order valence-electron chi connectivity index (χ4n) is 1.73. The maximum atomic E-state index is 12.1. The molecule has 0 atom stereocenters. The number of ether oxygens (including phenoxy) is 1. The molecule has 0 aliphatic rings. The topological polar surface area (TPSA) is 46.6 Å². The normalized spacial score (nSPS) is 9.78. The van der Waals surface area contributed by atoms with Gasteiger partial charge in [-0.05, 0) is 18.6 Å². The van der Waals surface area contributed by atoms with Crippen LogP contribution in [0.25, 0.3) is 0 Å². The predicted octanol–water partition coefficient (Wildman–Crippen LogP) is 1.97. The van der Waals surface area contributed by atoms with E-state index in [4.69, 9.17) is 0 Å². The average molecular weight is 247 g/mol. The number of hydrogen-bond donors (Lipinski definition) is 0. The smallest absolute Gasteiger partial charge is 0.341 e. The number of hydrogen-bond acceptors (Lipinski definition) is 4. The van der Waals surface area contributed by atoms with E-state index in [0.717, 1.165) is 11.3 Å². The van der Waals surface area contributed by atoms with Crippen LogP contribution in [0, 0.1) is 6.92 Å². The number of rotatable bonds is 4. The zero-order valence-electron chi connectivity index (χ0n) is 11.1. The van der Waals surface area contributed by atoms with Gasteiger partial charge in [-0.2, -0.15) is 0 Å². The van der Waals surface area contributed by atoms with Gasteiger partial charge in [-0.1, -0.05) is 18.7 Å². The third-order valence-electron chi connectivity index (χ3n) is 2.74. The summed E-state index contributed by atoms with van der Waals surface area (Å²) in [4.78, 5) is 25.3. The van der Waals surface area contributed by atoms with E-state index >= 15 is 0 Å². The van der Waals surface area contributed by atoms with E-state index in [-0.39, 0.29) is 5.57 Å². The van der Waals surface area contributed by atoms with Crippen LogP contribution >= 0.6 is 0 Å². The molecule has 0 N–H and O–H groups in total. The molecule has 0 amide bonds. The van der Waals surface area contributed by atoms with Crippen molar-refractivity contribution in [3.05, 3.63) is 41.5 Å². The van der Waals surface area contributed by atoms with Gasteiger partial charge < -0.3 is 9.64 Å². The van der Waals surface area contributed by atoms with Crippen LogP contribution < -0.4 is 4.90 Å². The first-order valence-electron chi connectivity index (χ1n) is 5.49. The summed E-state index contributed by atoms with van der Waals surface area (Å²) < 4.78 is 4.50. The van der Waals surface area contributed by atoms with Crippen molar-refractivity contribution >= 4 is 17.4 Å². The number of Topliss-reactive ketones (excluding diaryl/α,β-unsaturated/α-hetero) is 1. The van der Waals surface area contributed by atoms with Crippen LogP contribution in [0.4, 0.5) is 5.69 Å². The van der Waals surface area contributed by atoms with Crippen LogP contribution in [-0.4, -0.2) is 33.0 Å². The molecule has 0 aliphatic heterocycles. The maximum Gasteiger partial charge on any atom is 0.341 e. The maximum absolute atomic E-state index is 12.1. The van der Waals surface area contributed by atoms with Crippen LogP contribution in [0.1, 0.15) is 15.9 Å². The summed E-state index contributed by atoms with van der Waals surface area (Å²) in [6.45, 7) is 5.32. The number of carbonyl (C=O) groups is 2. The third-order valence-corrected chi connectivity index (χ3v) is 2.74. The van der Waals surface area contributed by atoms with E-state index in [1.54, 1.807) is 12.1 Å². The monoisotopic (exact) mass is 247 g/mol. The lowest BCUT2D eigenvalue weighted by atomic mass is 9.98. The molecule has 0 spiro atoms. The number of ketones is 1. The first-order chi connectivity index (χ1) is 8.40. The lowest BCUT2D eigenvalue weighted by molar-refractivity contribution is -0.135. The van der Waals surface area contributed by atoms with Gasteiger partial charge in [-0.15, -0.1) is 0 Å². The molecule has 0 saturated carbocycles. The van der Waals surface area contributed by atoms with Crippen molar-refractivity contribution in [1.82, 2.24) is 0 Å². The third kappa shape index (κ3) is 2.59. The summed E-state index contributed by atoms with van der Waals surface area (Å²) in [7, 11) is 5.02. The second-order valence-electron chi connectivity index (χ2n) is 4.14. The molecule has 4 heteroatoms. The molecule has 1 rings (SSSR count). The number of methoxy groups -OCH3 is 1. The van der Waals surface area contributed by atoms with Crippen LogP contribution in [0.5, 0.6) is 0 Å². The van der Waals surface area contributed by atoms with Crippen molar-refractivity contribution in [2.75, 3.05) is 26.1 Å². The molecule has 0 heterocycles. The second-order valence-corrected chi connectivity index (χ2v) is 4.14. The fraction of sp³-hybridized carbons (Fsp3) is 0.286. The minimum absolute atomic E-state index is 0.156. The predicted molar refractivity (Wildman–Crippen MR) is 71.0 cm³/mol. The Bertz CT molecular complexity index is 504. The molecule has 0 aromatic heterocycles. The van der Waals surface area contributed by atoms with E-state index in [1.165, 1.54) is 7.11 Å². The highest BCUT2D eigenvalue weighted by molar-refractivity contribution is 6.24. The SMILES string of the molecule is C=C(C(=O)OC)C(=O)c1cccc(N(C)C)c1C. The van der Waals surface area contributed by atoms with Crippen molar-refractivity contribution in [2.45, 2.75) is 6.92 Å². The molecule has 0 saturated heterocycles. The zero-order chi connectivity index (χ0) is 13.9. The standard InChI is InChI=1S/C14H17NO3/c1-9-11(7-6-8-12(9)15(3)4)13(16)10(2)14(17)18-5/h6-8H,2H2,1,3-5H3. The van der Waals surface area contributed by atoms with Crippen molar-refractivity contribution in [3.8, 4) is 0 Å². The highest BCUT2D eigenvalue weighted by Gasteiger charge is 2.20. The Hall–Kier alpha value is -2.10. The average Bonchev–Trinajstić information content (AvgIpc) is 2.36. The molecule has 0 aliphatic carbocycles. The lowest BCUT2D eigenvalue weighted by Crippen LogP contribution is -2.17. The van der Waals surface area contributed by atoms with Gasteiger partial charge in [0.25, 0.3) is 0 Å². The van der Waals surface area contributed by atoms with Gasteiger partial charge in [-0.25, -0.2) is 4.79 Å². The summed E-state index contributed by atoms with van der Waals surface area (Å²) >= 11 is 0. The Labute approximate surface area is 107 Å². The van der Waals surface area contributed by atoms with Gasteiger partial charge in [0.1, 0.15) is 5.57 Å². The van der Waals surface area contributed by atoms with E-state index in [2.05, 4.69) is 11.3 Å². The summed E-state index contributed by atoms with van der Waals surface area (Å²) in [5, 5.41) is 0. The molecule has 0 bridgehead atoms. The summed E-state index contributed by atoms with van der Waals surface area (Å²) in [6, 6.07) is 5.37. The fourth-order valence-corrected chi connectivity index (χ4v) is 1.73. The Morgan fingerprint density at radius 3 is 2.39 bits per heavy atom. The highest BCUT2D eigenvalue weighted by atomic mass is 16.5. The minimum atomic E-state index is -0.699. The van der Waals surface area contributed by atoms with E-state index in [9.17, 15) is 9.59 Å². The summed E-state index contributed by atoms with van der Waals surface area (Å²) in [6.07, 6.45) is 0. The van der Waals surface area contributed by atoms with Gasteiger partial charge in [-0.3, -0.25) is 4.79 Å². The minimum Gasteiger partial charge on any atom is -0.465 e. The largest absolute Gasteiger partial charge is 0.465 e. The first kappa shape index (κ1) is 14.0. The Balaban J connectivity index is 3.19. The second kappa shape index (κ2) is 5.49. The lowest BCUT2D eigenvalue weighted by Gasteiger charge is -2.17. The van der Waals surface area contributed by atoms with Crippen molar-refractivity contribution in [2.24, 2.45) is 0 Å². The number of benzene rings is 1. The van der Waals surface area contributed by atoms with Gasteiger partial charge >= 0.3 is 5.97 Å². The molecular weight excluding hydrogens is 230 g/mol. The Kier molecular flexibility index (Phi) is 4.26. The van der Waals surface area contributed by atoms with Gasteiger partial charge in [0.15, 0.2) is 5.78 Å². The van der Waals surface area contributed by atoms with Gasteiger partial charge in [0.05, 0.1) is 7.11 Å². The quantitative estimate of drug-likeness (QED) is 0.268. The van der Waals surface area contributed by atoms with Crippen LogP contribution in [0.2, 0.25) is 0 Å². The highest BCUT2D eigenvalue weighted by Crippen LogP contribution is 2.23. The molecule has 0 radical (unpaired) electrons. The summed E-state index contributed by atoms with van der Waals surface area (Å²) in [5.41, 5.74) is 2.06. The van der Waals surface area contributed by atoms with Crippen molar-refractivity contribution < 1.29 is 14.3 Å². The number of nitrogens with zero attached hydrogens (tertiary/aromatic N) is 1. The Morgan fingerprint density at radius 2 is 1.89 bits per heavy atom. The van der Waals surface area contributed by atoms with Crippen molar-refractivity contribution in [1.29, 1.82) is 0 Å². The Morgan fingerprint density at radius 1 is 1.28 bits per heavy atom. The number of esters is 1. The molecule has 0 unspecified atom stereocenters. The molecule has 18 heavy (non-hydrogen) atoms. The van der Waals surface area contributed by atoms with Gasteiger partial charge in [0, 0.05) is 25.3 Å². The van der Waals surface area contributed by atoms with Crippen LogP contribution in [0.15, 0.2) is 30.4 Å². The first-order valence-corrected chi connectivity index (χ1v) is 5.49. The molecule has 0 fully saturated rings. The number of anilines is 1. The molecule has 4 nitrogen and oxygen atoms in total. The molecular formula is C14H17NO3. The summed E-state index contributed by atoms with van der Waals surface area (Å²) in [5.74, 6) is -1.10. The molecule has 1 aromatic rings. The van der Waals surface area contributed by atoms with Crippen molar-refractivity contribution in [3.63, 3.8) is 0 Å².